The first kappa shape index (κ1) is 14.8. The summed E-state index contributed by atoms with van der Waals surface area (Å²) in [4.78, 5) is 17.2. The van der Waals surface area contributed by atoms with E-state index in [2.05, 4.69) is 16.7 Å². The highest BCUT2D eigenvalue weighted by Gasteiger charge is 2.26. The zero-order chi connectivity index (χ0) is 13.5. The molecule has 1 unspecified atom stereocenters. The minimum atomic E-state index is 0.0937. The van der Waals surface area contributed by atoms with Gasteiger partial charge in [-0.1, -0.05) is 32.1 Å². The van der Waals surface area contributed by atoms with Crippen molar-refractivity contribution in [1.82, 2.24) is 9.80 Å². The number of amides is 1. The minimum absolute atomic E-state index is 0.0937. The lowest BCUT2D eigenvalue weighted by molar-refractivity contribution is -0.136. The van der Waals surface area contributed by atoms with Crippen molar-refractivity contribution in [3.05, 3.63) is 0 Å². The number of nitrogens with zero attached hydrogens (tertiary/aromatic N) is 2. The molecular weight excluding hydrogens is 236 g/mol. The van der Waals surface area contributed by atoms with Gasteiger partial charge >= 0.3 is 0 Å². The molecule has 0 N–H and O–H groups in total. The first-order valence-corrected chi connectivity index (χ1v) is 8.32. The van der Waals surface area contributed by atoms with Crippen LogP contribution < -0.4 is 0 Å². The molecule has 2 aliphatic heterocycles. The molecule has 0 bridgehead atoms. The van der Waals surface area contributed by atoms with E-state index in [1.165, 1.54) is 57.8 Å². The normalized spacial score (nSPS) is 25.2. The van der Waals surface area contributed by atoms with Gasteiger partial charge in [0.15, 0.2) is 0 Å². The van der Waals surface area contributed by atoms with Crippen LogP contribution in [0.15, 0.2) is 0 Å². The quantitative estimate of drug-likeness (QED) is 0.767. The van der Waals surface area contributed by atoms with Crippen LogP contribution in [-0.2, 0) is 4.79 Å². The van der Waals surface area contributed by atoms with E-state index in [0.717, 1.165) is 26.2 Å². The topological polar surface area (TPSA) is 23.6 Å². The SMILES string of the molecule is CC(C(=O)N1CCCCCC1)N1CCCCCCC1. The Morgan fingerprint density at radius 1 is 0.737 bits per heavy atom. The molecule has 0 aromatic rings. The Kier molecular flexibility index (Phi) is 6.15. The molecule has 0 saturated carbocycles. The summed E-state index contributed by atoms with van der Waals surface area (Å²) in [5.74, 6) is 0.377. The molecule has 0 aromatic heterocycles. The van der Waals surface area contributed by atoms with E-state index in [1.54, 1.807) is 0 Å². The molecule has 3 nitrogen and oxygen atoms in total. The summed E-state index contributed by atoms with van der Waals surface area (Å²) >= 11 is 0. The number of hydrogen-bond donors (Lipinski definition) is 0. The highest BCUT2D eigenvalue weighted by Crippen LogP contribution is 2.16. The Bertz CT molecular complexity index is 264. The lowest BCUT2D eigenvalue weighted by Gasteiger charge is -2.33. The zero-order valence-corrected chi connectivity index (χ0v) is 12.6. The first-order valence-electron chi connectivity index (χ1n) is 8.32. The monoisotopic (exact) mass is 266 g/mol. The Morgan fingerprint density at radius 3 is 1.68 bits per heavy atom. The van der Waals surface area contributed by atoms with E-state index < -0.39 is 0 Å². The number of carbonyl (C=O) groups excluding carboxylic acids is 1. The Morgan fingerprint density at radius 2 is 1.16 bits per heavy atom. The molecule has 0 aliphatic carbocycles. The lowest BCUT2D eigenvalue weighted by atomic mass is 10.1. The second kappa shape index (κ2) is 7.88. The third-order valence-corrected chi connectivity index (χ3v) is 4.71. The Hall–Kier alpha value is -0.570. The maximum Gasteiger partial charge on any atom is 0.239 e. The van der Waals surface area contributed by atoms with Crippen LogP contribution in [0.2, 0.25) is 0 Å². The van der Waals surface area contributed by atoms with E-state index in [0.29, 0.717) is 5.91 Å². The van der Waals surface area contributed by atoms with Crippen molar-refractivity contribution < 1.29 is 4.79 Å². The van der Waals surface area contributed by atoms with Crippen molar-refractivity contribution in [2.75, 3.05) is 26.2 Å². The number of hydrogen-bond acceptors (Lipinski definition) is 2. The summed E-state index contributed by atoms with van der Waals surface area (Å²) < 4.78 is 0. The summed E-state index contributed by atoms with van der Waals surface area (Å²) in [7, 11) is 0. The molecule has 2 heterocycles. The molecule has 110 valence electrons. The third-order valence-electron chi connectivity index (χ3n) is 4.71. The Balaban J connectivity index is 1.88. The molecule has 0 spiro atoms. The van der Waals surface area contributed by atoms with Crippen LogP contribution in [0.1, 0.15) is 64.7 Å². The fourth-order valence-electron chi connectivity index (χ4n) is 3.37. The smallest absolute Gasteiger partial charge is 0.239 e. The molecule has 2 rings (SSSR count). The molecule has 3 heteroatoms. The van der Waals surface area contributed by atoms with Crippen LogP contribution >= 0.6 is 0 Å². The van der Waals surface area contributed by atoms with E-state index >= 15 is 0 Å². The summed E-state index contributed by atoms with van der Waals surface area (Å²) in [6.07, 6.45) is 11.5. The van der Waals surface area contributed by atoms with Crippen LogP contribution in [0, 0.1) is 0 Å². The van der Waals surface area contributed by atoms with E-state index in [4.69, 9.17) is 0 Å². The second-order valence-corrected chi connectivity index (χ2v) is 6.22. The van der Waals surface area contributed by atoms with E-state index in [-0.39, 0.29) is 6.04 Å². The fraction of sp³-hybridized carbons (Fsp3) is 0.938. The van der Waals surface area contributed by atoms with Crippen molar-refractivity contribution >= 4 is 5.91 Å². The van der Waals surface area contributed by atoms with Crippen LogP contribution in [0.25, 0.3) is 0 Å². The highest BCUT2D eigenvalue weighted by atomic mass is 16.2. The second-order valence-electron chi connectivity index (χ2n) is 6.22. The highest BCUT2D eigenvalue weighted by molar-refractivity contribution is 5.81. The average Bonchev–Trinajstić information content (AvgIpc) is 2.65. The molecule has 0 aromatic carbocycles. The van der Waals surface area contributed by atoms with Crippen LogP contribution in [-0.4, -0.2) is 47.9 Å². The van der Waals surface area contributed by atoms with Gasteiger partial charge in [-0.05, 0) is 45.7 Å². The minimum Gasteiger partial charge on any atom is -0.341 e. The summed E-state index contributed by atoms with van der Waals surface area (Å²) in [5, 5.41) is 0. The number of carbonyl (C=O) groups is 1. The Labute approximate surface area is 118 Å². The molecule has 2 saturated heterocycles. The molecule has 19 heavy (non-hydrogen) atoms. The molecule has 0 radical (unpaired) electrons. The standard InChI is InChI=1S/C16H30N2O/c1-15(17-11-7-3-2-4-8-12-17)16(19)18-13-9-5-6-10-14-18/h15H,2-14H2,1H3. The van der Waals surface area contributed by atoms with Crippen LogP contribution in [0.5, 0.6) is 0 Å². The van der Waals surface area contributed by atoms with Gasteiger partial charge in [0.1, 0.15) is 0 Å². The van der Waals surface area contributed by atoms with Gasteiger partial charge in [-0.3, -0.25) is 9.69 Å². The van der Waals surface area contributed by atoms with Gasteiger partial charge < -0.3 is 4.90 Å². The maximum absolute atomic E-state index is 12.6. The average molecular weight is 266 g/mol. The summed E-state index contributed by atoms with van der Waals surface area (Å²) in [6, 6.07) is 0.0937. The first-order chi connectivity index (χ1) is 9.29. The summed E-state index contributed by atoms with van der Waals surface area (Å²) in [5.41, 5.74) is 0. The number of rotatable bonds is 2. The van der Waals surface area contributed by atoms with E-state index in [9.17, 15) is 4.79 Å². The van der Waals surface area contributed by atoms with Gasteiger partial charge in [0.05, 0.1) is 6.04 Å². The largest absolute Gasteiger partial charge is 0.341 e. The summed E-state index contributed by atoms with van der Waals surface area (Å²) in [6.45, 7) is 6.31. The lowest BCUT2D eigenvalue weighted by Crippen LogP contribution is -2.48. The van der Waals surface area contributed by atoms with Gasteiger partial charge in [0, 0.05) is 13.1 Å². The molecule has 1 atom stereocenters. The fourth-order valence-corrected chi connectivity index (χ4v) is 3.37. The van der Waals surface area contributed by atoms with Gasteiger partial charge in [-0.25, -0.2) is 0 Å². The molecule has 2 aliphatic rings. The van der Waals surface area contributed by atoms with E-state index in [1.807, 2.05) is 0 Å². The van der Waals surface area contributed by atoms with Gasteiger partial charge in [-0.2, -0.15) is 0 Å². The van der Waals surface area contributed by atoms with Gasteiger partial charge in [-0.15, -0.1) is 0 Å². The van der Waals surface area contributed by atoms with Crippen molar-refractivity contribution in [1.29, 1.82) is 0 Å². The van der Waals surface area contributed by atoms with Gasteiger partial charge in [0.2, 0.25) is 5.91 Å². The molecule has 1 amide bonds. The van der Waals surface area contributed by atoms with Gasteiger partial charge in [0.25, 0.3) is 0 Å². The van der Waals surface area contributed by atoms with Crippen molar-refractivity contribution in [2.24, 2.45) is 0 Å². The third kappa shape index (κ3) is 4.48. The predicted molar refractivity (Wildman–Crippen MR) is 79.2 cm³/mol. The van der Waals surface area contributed by atoms with Crippen molar-refractivity contribution in [3.63, 3.8) is 0 Å². The zero-order valence-electron chi connectivity index (χ0n) is 12.6. The van der Waals surface area contributed by atoms with Crippen LogP contribution in [0.3, 0.4) is 0 Å². The molecule has 2 fully saturated rings. The molecular formula is C16H30N2O. The van der Waals surface area contributed by atoms with Crippen molar-refractivity contribution in [2.45, 2.75) is 70.8 Å². The maximum atomic E-state index is 12.6. The predicted octanol–water partition coefficient (Wildman–Crippen LogP) is 3.04. The number of likely N-dealkylation sites (tertiary alicyclic amines) is 2. The van der Waals surface area contributed by atoms with Crippen LogP contribution in [0.4, 0.5) is 0 Å². The van der Waals surface area contributed by atoms with Crippen molar-refractivity contribution in [3.8, 4) is 0 Å².